The lowest BCUT2D eigenvalue weighted by atomic mass is 9.83. The van der Waals surface area contributed by atoms with Gasteiger partial charge in [0.25, 0.3) is 5.56 Å². The zero-order valence-corrected chi connectivity index (χ0v) is 18.3. The molecule has 1 aliphatic carbocycles. The van der Waals surface area contributed by atoms with Crippen molar-refractivity contribution < 1.29 is 9.53 Å². The average molecular weight is 440 g/mol. The molecule has 4 rings (SSSR count). The Hall–Kier alpha value is -2.73. The predicted molar refractivity (Wildman–Crippen MR) is 121 cm³/mol. The van der Waals surface area contributed by atoms with Gasteiger partial charge in [0, 0.05) is 11.9 Å². The van der Waals surface area contributed by atoms with Gasteiger partial charge in [0.2, 0.25) is 0 Å². The Morgan fingerprint density at radius 1 is 1.19 bits per heavy atom. The van der Waals surface area contributed by atoms with Crippen molar-refractivity contribution in [3.63, 3.8) is 0 Å². The van der Waals surface area contributed by atoms with E-state index in [1.807, 2.05) is 0 Å². The molecule has 7 heteroatoms. The van der Waals surface area contributed by atoms with Gasteiger partial charge < -0.3 is 4.74 Å². The first-order valence-electron chi connectivity index (χ1n) is 10.7. The maximum absolute atomic E-state index is 13.4. The number of rotatable bonds is 7. The second kappa shape index (κ2) is 9.60. The maximum Gasteiger partial charge on any atom is 0.261 e. The molecule has 2 aromatic heterocycles. The van der Waals surface area contributed by atoms with E-state index in [2.05, 4.69) is 9.97 Å². The van der Waals surface area contributed by atoms with Crippen LogP contribution in [0, 0.1) is 5.92 Å². The Bertz CT molecular complexity index is 1120. The number of methoxy groups -OCH3 is 1. The molecule has 31 heavy (non-hydrogen) atoms. The summed E-state index contributed by atoms with van der Waals surface area (Å²) in [5.74, 6) is 0.977. The molecular weight excluding hydrogens is 414 g/mol. The van der Waals surface area contributed by atoms with Gasteiger partial charge in [-0.25, -0.2) is 4.98 Å². The van der Waals surface area contributed by atoms with Crippen LogP contribution in [-0.4, -0.2) is 27.4 Å². The van der Waals surface area contributed by atoms with Crippen LogP contribution in [0.2, 0.25) is 5.02 Å². The van der Waals surface area contributed by atoms with Crippen LogP contribution in [0.4, 0.5) is 0 Å². The van der Waals surface area contributed by atoms with E-state index in [4.69, 9.17) is 16.3 Å². The predicted octanol–water partition coefficient (Wildman–Crippen LogP) is 4.78. The van der Waals surface area contributed by atoms with Gasteiger partial charge in [0.05, 0.1) is 41.8 Å². The first kappa shape index (κ1) is 21.5. The Morgan fingerprint density at radius 3 is 2.71 bits per heavy atom. The number of fused-ring (bicyclic) bond motifs is 1. The lowest BCUT2D eigenvalue weighted by Gasteiger charge is -2.27. The largest absolute Gasteiger partial charge is 0.497 e. The van der Waals surface area contributed by atoms with Gasteiger partial charge in [-0.2, -0.15) is 0 Å². The summed E-state index contributed by atoms with van der Waals surface area (Å²) in [6, 6.07) is 8.12. The zero-order valence-electron chi connectivity index (χ0n) is 17.6. The fraction of sp³-hybridized carbons (Fsp3) is 0.417. The molecule has 0 saturated heterocycles. The second-order valence-corrected chi connectivity index (χ2v) is 8.64. The average Bonchev–Trinajstić information content (AvgIpc) is 2.80. The summed E-state index contributed by atoms with van der Waals surface area (Å²) in [5, 5.41) is 0.978. The smallest absolute Gasteiger partial charge is 0.261 e. The third kappa shape index (κ3) is 4.96. The van der Waals surface area contributed by atoms with Crippen LogP contribution in [0.15, 0.2) is 47.7 Å². The lowest BCUT2D eigenvalue weighted by molar-refractivity contribution is -0.122. The highest BCUT2D eigenvalue weighted by atomic mass is 35.5. The van der Waals surface area contributed by atoms with Crippen molar-refractivity contribution in [3.05, 3.63) is 63.9 Å². The van der Waals surface area contributed by atoms with E-state index in [0.29, 0.717) is 39.7 Å². The number of carbonyl (C=O) groups is 1. The Labute approximate surface area is 186 Å². The highest BCUT2D eigenvalue weighted by molar-refractivity contribution is 6.30. The van der Waals surface area contributed by atoms with Crippen molar-refractivity contribution in [1.29, 1.82) is 0 Å². The normalized spacial score (nSPS) is 15.7. The van der Waals surface area contributed by atoms with Crippen LogP contribution in [0.5, 0.6) is 5.75 Å². The number of ketones is 1. The van der Waals surface area contributed by atoms with Crippen molar-refractivity contribution >= 4 is 28.3 Å². The Kier molecular flexibility index (Phi) is 6.66. The number of hydrogen-bond acceptors (Lipinski definition) is 5. The van der Waals surface area contributed by atoms with E-state index < -0.39 is 6.04 Å². The minimum Gasteiger partial charge on any atom is -0.497 e. The molecule has 0 spiro atoms. The van der Waals surface area contributed by atoms with Gasteiger partial charge in [0.1, 0.15) is 5.75 Å². The molecule has 162 valence electrons. The number of hydrogen-bond donors (Lipinski definition) is 0. The molecule has 0 aliphatic heterocycles. The number of Topliss-reactive ketones (excluding diaryl/α,β-unsaturated/α-hetero) is 1. The molecule has 1 saturated carbocycles. The quantitative estimate of drug-likeness (QED) is 0.529. The SMILES string of the molecule is COc1ccc2ncn(C(CC3CCCCC3)C(=O)Cc3ccc(Cl)cn3)c(=O)c2c1. The third-order valence-electron chi connectivity index (χ3n) is 6.12. The van der Waals surface area contributed by atoms with Crippen LogP contribution in [0.25, 0.3) is 10.9 Å². The summed E-state index contributed by atoms with van der Waals surface area (Å²) in [4.78, 5) is 35.5. The molecule has 1 aromatic carbocycles. The van der Waals surface area contributed by atoms with E-state index in [1.165, 1.54) is 36.4 Å². The number of ether oxygens (including phenoxy) is 1. The minimum atomic E-state index is -0.573. The number of aromatic nitrogens is 3. The minimum absolute atomic E-state index is 0.0356. The fourth-order valence-corrected chi connectivity index (χ4v) is 4.52. The molecule has 2 heterocycles. The number of benzene rings is 1. The molecule has 6 nitrogen and oxygen atoms in total. The van der Waals surface area contributed by atoms with E-state index in [0.717, 1.165) is 12.8 Å². The lowest BCUT2D eigenvalue weighted by Crippen LogP contribution is -2.33. The monoisotopic (exact) mass is 439 g/mol. The van der Waals surface area contributed by atoms with Gasteiger partial charge in [-0.1, -0.05) is 43.7 Å². The summed E-state index contributed by atoms with van der Waals surface area (Å²) in [6.45, 7) is 0. The summed E-state index contributed by atoms with van der Waals surface area (Å²) in [6.07, 6.45) is 9.60. The molecule has 0 radical (unpaired) electrons. The van der Waals surface area contributed by atoms with Gasteiger partial charge in [-0.15, -0.1) is 0 Å². The molecule has 1 atom stereocenters. The van der Waals surface area contributed by atoms with Crippen LogP contribution in [0.3, 0.4) is 0 Å². The molecule has 3 aromatic rings. The summed E-state index contributed by atoms with van der Waals surface area (Å²) >= 11 is 5.93. The topological polar surface area (TPSA) is 74.1 Å². The molecule has 0 bridgehead atoms. The number of carbonyl (C=O) groups excluding carboxylic acids is 1. The summed E-state index contributed by atoms with van der Waals surface area (Å²) in [7, 11) is 1.56. The zero-order chi connectivity index (χ0) is 21.8. The number of pyridine rings is 1. The molecule has 1 aliphatic rings. The van der Waals surface area contributed by atoms with Crippen molar-refractivity contribution in [2.24, 2.45) is 5.92 Å². The van der Waals surface area contributed by atoms with Crippen LogP contribution >= 0.6 is 11.6 Å². The first-order chi connectivity index (χ1) is 15.0. The number of halogens is 1. The van der Waals surface area contributed by atoms with Crippen LogP contribution < -0.4 is 10.3 Å². The van der Waals surface area contributed by atoms with Gasteiger partial charge in [-0.05, 0) is 42.7 Å². The Morgan fingerprint density at radius 2 is 2.00 bits per heavy atom. The Balaban J connectivity index is 1.70. The number of nitrogens with zero attached hydrogens (tertiary/aromatic N) is 3. The van der Waals surface area contributed by atoms with E-state index in [1.54, 1.807) is 37.4 Å². The molecule has 1 fully saturated rings. The van der Waals surface area contributed by atoms with Gasteiger partial charge >= 0.3 is 0 Å². The molecular formula is C24H26ClN3O3. The highest BCUT2D eigenvalue weighted by Gasteiger charge is 2.27. The van der Waals surface area contributed by atoms with Crippen molar-refractivity contribution in [2.75, 3.05) is 7.11 Å². The van der Waals surface area contributed by atoms with Crippen molar-refractivity contribution in [2.45, 2.75) is 51.0 Å². The third-order valence-corrected chi connectivity index (χ3v) is 6.35. The maximum atomic E-state index is 13.4. The second-order valence-electron chi connectivity index (χ2n) is 8.21. The standard InChI is InChI=1S/C24H26ClN3O3/c1-31-19-9-10-21-20(13-19)24(30)28(15-27-21)22(11-16-5-3-2-4-6-16)23(29)12-18-8-7-17(25)14-26-18/h7-10,13-16,22H,2-6,11-12H2,1H3. The van der Waals surface area contributed by atoms with Gasteiger partial charge in [0.15, 0.2) is 5.78 Å². The summed E-state index contributed by atoms with van der Waals surface area (Å²) < 4.78 is 6.78. The van der Waals surface area contributed by atoms with E-state index in [-0.39, 0.29) is 17.8 Å². The fourth-order valence-electron chi connectivity index (χ4n) is 4.41. The summed E-state index contributed by atoms with van der Waals surface area (Å²) in [5.41, 5.74) is 1.01. The van der Waals surface area contributed by atoms with Crippen LogP contribution in [0.1, 0.15) is 50.3 Å². The van der Waals surface area contributed by atoms with Crippen molar-refractivity contribution in [3.8, 4) is 5.75 Å². The first-order valence-corrected chi connectivity index (χ1v) is 11.1. The van der Waals surface area contributed by atoms with Gasteiger partial charge in [-0.3, -0.25) is 19.1 Å². The van der Waals surface area contributed by atoms with Crippen LogP contribution in [-0.2, 0) is 11.2 Å². The molecule has 1 unspecified atom stereocenters. The van der Waals surface area contributed by atoms with Crippen molar-refractivity contribution in [1.82, 2.24) is 14.5 Å². The molecule has 0 amide bonds. The molecule has 0 N–H and O–H groups in total. The highest BCUT2D eigenvalue weighted by Crippen LogP contribution is 2.31. The van der Waals surface area contributed by atoms with E-state index in [9.17, 15) is 9.59 Å². The van der Waals surface area contributed by atoms with E-state index >= 15 is 0 Å².